The molecule has 1 saturated carbocycles. The van der Waals surface area contributed by atoms with Crippen molar-refractivity contribution >= 4 is 18.5 Å². The lowest BCUT2D eigenvalue weighted by atomic mass is 9.82. The first-order chi connectivity index (χ1) is 5.81. The van der Waals surface area contributed by atoms with Crippen LogP contribution in [0.5, 0.6) is 0 Å². The molecular formula is C10H20ClNO2. The fraction of sp³-hybridized carbons (Fsp3) is 0.900. The Kier molecular flexibility index (Phi) is 4.25. The molecule has 0 bridgehead atoms. The van der Waals surface area contributed by atoms with E-state index in [0.717, 1.165) is 12.8 Å². The van der Waals surface area contributed by atoms with Crippen molar-refractivity contribution in [1.29, 1.82) is 0 Å². The van der Waals surface area contributed by atoms with Crippen LogP contribution >= 0.6 is 12.4 Å². The van der Waals surface area contributed by atoms with E-state index in [-0.39, 0.29) is 29.6 Å². The first kappa shape index (κ1) is 13.6. The van der Waals surface area contributed by atoms with Crippen molar-refractivity contribution in [3.8, 4) is 0 Å². The predicted molar refractivity (Wildman–Crippen MR) is 58.9 cm³/mol. The van der Waals surface area contributed by atoms with Gasteiger partial charge in [-0.05, 0) is 47.0 Å². The summed E-state index contributed by atoms with van der Waals surface area (Å²) in [6, 6.07) is 0. The summed E-state index contributed by atoms with van der Waals surface area (Å²) in [5, 5.41) is 2.78. The Hall–Kier alpha value is -0.440. The molecule has 1 N–H and O–H groups in total. The number of alkyl carbamates (subject to hydrolysis) is 1. The maximum Gasteiger partial charge on any atom is 0.408 e. The fourth-order valence-corrected chi connectivity index (χ4v) is 1.33. The van der Waals surface area contributed by atoms with Gasteiger partial charge in [0.05, 0.1) is 0 Å². The van der Waals surface area contributed by atoms with E-state index in [2.05, 4.69) is 5.32 Å². The summed E-state index contributed by atoms with van der Waals surface area (Å²) in [4.78, 5) is 11.3. The van der Waals surface area contributed by atoms with Gasteiger partial charge >= 0.3 is 6.09 Å². The van der Waals surface area contributed by atoms with Crippen LogP contribution in [-0.4, -0.2) is 17.2 Å². The van der Waals surface area contributed by atoms with Crippen molar-refractivity contribution in [2.45, 2.75) is 58.1 Å². The van der Waals surface area contributed by atoms with Crippen LogP contribution in [0.3, 0.4) is 0 Å². The topological polar surface area (TPSA) is 38.3 Å². The highest BCUT2D eigenvalue weighted by Crippen LogP contribution is 2.34. The van der Waals surface area contributed by atoms with Crippen LogP contribution in [0.4, 0.5) is 4.79 Å². The number of rotatable bonds is 1. The molecule has 0 unspecified atom stereocenters. The summed E-state index contributed by atoms with van der Waals surface area (Å²) < 4.78 is 5.30. The number of hydrogen-bond acceptors (Lipinski definition) is 2. The molecule has 1 fully saturated rings. The normalized spacial score (nSPS) is 18.9. The average molecular weight is 222 g/mol. The molecule has 0 atom stereocenters. The smallest absolute Gasteiger partial charge is 0.408 e. The minimum atomic E-state index is -0.297. The summed E-state index contributed by atoms with van der Waals surface area (Å²) in [6.45, 7) is 7.81. The zero-order valence-electron chi connectivity index (χ0n) is 9.35. The van der Waals surface area contributed by atoms with E-state index in [4.69, 9.17) is 4.74 Å². The Morgan fingerprint density at radius 1 is 1.36 bits per heavy atom. The Morgan fingerprint density at radius 2 is 1.86 bits per heavy atom. The predicted octanol–water partition coefficient (Wildman–Crippen LogP) is 2.88. The van der Waals surface area contributed by atoms with Gasteiger partial charge in [0.1, 0.15) is 5.60 Å². The van der Waals surface area contributed by atoms with E-state index < -0.39 is 0 Å². The highest BCUT2D eigenvalue weighted by Gasteiger charge is 2.36. The summed E-state index contributed by atoms with van der Waals surface area (Å²) in [5.74, 6) is 0. The number of carbonyl (C=O) groups is 1. The van der Waals surface area contributed by atoms with Crippen LogP contribution in [0.15, 0.2) is 0 Å². The second-order valence-corrected chi connectivity index (χ2v) is 5.07. The van der Waals surface area contributed by atoms with Gasteiger partial charge < -0.3 is 10.1 Å². The van der Waals surface area contributed by atoms with E-state index in [1.165, 1.54) is 6.42 Å². The van der Waals surface area contributed by atoms with Gasteiger partial charge in [0.15, 0.2) is 0 Å². The van der Waals surface area contributed by atoms with Crippen LogP contribution in [0, 0.1) is 0 Å². The lowest BCUT2D eigenvalue weighted by Gasteiger charge is -2.38. The molecule has 0 heterocycles. The maximum absolute atomic E-state index is 11.3. The van der Waals surface area contributed by atoms with Crippen molar-refractivity contribution in [2.24, 2.45) is 0 Å². The van der Waals surface area contributed by atoms with Crippen LogP contribution in [-0.2, 0) is 4.74 Å². The van der Waals surface area contributed by atoms with E-state index in [1.807, 2.05) is 27.7 Å². The van der Waals surface area contributed by atoms with E-state index >= 15 is 0 Å². The summed E-state index contributed by atoms with van der Waals surface area (Å²) in [5.41, 5.74) is -0.410. The highest BCUT2D eigenvalue weighted by molar-refractivity contribution is 5.85. The van der Waals surface area contributed by atoms with Crippen LogP contribution in [0.25, 0.3) is 0 Å². The quantitative estimate of drug-likeness (QED) is 0.740. The third-order valence-electron chi connectivity index (χ3n) is 2.23. The fourth-order valence-electron chi connectivity index (χ4n) is 1.33. The Bertz CT molecular complexity index is 207. The average Bonchev–Trinajstić information content (AvgIpc) is 1.79. The van der Waals surface area contributed by atoms with Gasteiger partial charge in [-0.15, -0.1) is 12.4 Å². The van der Waals surface area contributed by atoms with Gasteiger partial charge in [-0.3, -0.25) is 0 Å². The van der Waals surface area contributed by atoms with Crippen molar-refractivity contribution in [3.05, 3.63) is 0 Å². The second-order valence-electron chi connectivity index (χ2n) is 5.07. The largest absolute Gasteiger partial charge is 0.443 e. The number of hydrogen-bond donors (Lipinski definition) is 1. The molecule has 1 aliphatic rings. The molecule has 0 aromatic carbocycles. The van der Waals surface area contributed by atoms with Crippen molar-refractivity contribution in [2.75, 3.05) is 0 Å². The molecule has 84 valence electrons. The van der Waals surface area contributed by atoms with Crippen LogP contribution in [0.1, 0.15) is 47.0 Å². The number of nitrogens with one attached hydrogen (secondary N) is 1. The molecule has 4 heteroatoms. The molecule has 1 aliphatic carbocycles. The van der Waals surface area contributed by atoms with Gasteiger partial charge in [0, 0.05) is 5.54 Å². The molecule has 0 saturated heterocycles. The van der Waals surface area contributed by atoms with Crippen molar-refractivity contribution in [3.63, 3.8) is 0 Å². The van der Waals surface area contributed by atoms with Gasteiger partial charge in [0.25, 0.3) is 0 Å². The molecule has 0 radical (unpaired) electrons. The molecule has 14 heavy (non-hydrogen) atoms. The molecule has 0 spiro atoms. The van der Waals surface area contributed by atoms with Crippen LogP contribution < -0.4 is 5.32 Å². The van der Waals surface area contributed by atoms with Gasteiger partial charge in [0.2, 0.25) is 0 Å². The standard InChI is InChI=1S/C10H19NO2.ClH/c1-9(2,3)11-8(12)13-10(4)6-5-7-10;/h5-7H2,1-4H3,(H,11,12);1H. The van der Waals surface area contributed by atoms with Gasteiger partial charge in [-0.25, -0.2) is 4.79 Å². The molecule has 3 nitrogen and oxygen atoms in total. The number of ether oxygens (including phenoxy) is 1. The third kappa shape index (κ3) is 4.18. The lowest BCUT2D eigenvalue weighted by Crippen LogP contribution is -2.47. The molecule has 0 aliphatic heterocycles. The lowest BCUT2D eigenvalue weighted by molar-refractivity contribution is -0.0344. The SMILES string of the molecule is CC(C)(C)NC(=O)OC1(C)CCC1.Cl. The zero-order valence-corrected chi connectivity index (χ0v) is 10.2. The molecular weight excluding hydrogens is 202 g/mol. The zero-order chi connectivity index (χ0) is 10.1. The number of amides is 1. The monoisotopic (exact) mass is 221 g/mol. The van der Waals surface area contributed by atoms with E-state index in [9.17, 15) is 4.79 Å². The van der Waals surface area contributed by atoms with Gasteiger partial charge in [-0.1, -0.05) is 0 Å². The maximum atomic E-state index is 11.3. The van der Waals surface area contributed by atoms with E-state index in [0.29, 0.717) is 0 Å². The minimum Gasteiger partial charge on any atom is -0.443 e. The minimum absolute atomic E-state index is 0. The Balaban J connectivity index is 0.00000169. The summed E-state index contributed by atoms with van der Waals surface area (Å²) >= 11 is 0. The number of carbonyl (C=O) groups excluding carboxylic acids is 1. The van der Waals surface area contributed by atoms with Crippen molar-refractivity contribution in [1.82, 2.24) is 5.32 Å². The Morgan fingerprint density at radius 3 is 2.14 bits per heavy atom. The summed E-state index contributed by atoms with van der Waals surface area (Å²) in [6.07, 6.45) is 2.85. The molecule has 0 aromatic rings. The van der Waals surface area contributed by atoms with Crippen molar-refractivity contribution < 1.29 is 9.53 Å². The number of halogens is 1. The molecule has 1 amide bonds. The summed E-state index contributed by atoms with van der Waals surface area (Å²) in [7, 11) is 0. The van der Waals surface area contributed by atoms with E-state index in [1.54, 1.807) is 0 Å². The first-order valence-electron chi connectivity index (χ1n) is 4.82. The Labute approximate surface area is 92.0 Å². The highest BCUT2D eigenvalue weighted by atomic mass is 35.5. The van der Waals surface area contributed by atoms with Crippen LogP contribution in [0.2, 0.25) is 0 Å². The van der Waals surface area contributed by atoms with Gasteiger partial charge in [-0.2, -0.15) is 0 Å². The third-order valence-corrected chi connectivity index (χ3v) is 2.23. The molecule has 0 aromatic heterocycles. The first-order valence-corrected chi connectivity index (χ1v) is 4.82. The molecule has 1 rings (SSSR count). The second kappa shape index (κ2) is 4.39.